The number of nitriles is 1. The fourth-order valence-electron chi connectivity index (χ4n) is 7.07. The van der Waals surface area contributed by atoms with Crippen molar-refractivity contribution in [2.45, 2.75) is 55.9 Å². The van der Waals surface area contributed by atoms with E-state index in [9.17, 15) is 15.2 Å². The molecule has 0 bridgehead atoms. The van der Waals surface area contributed by atoms with Gasteiger partial charge in [-0.25, -0.2) is 0 Å². The molecule has 0 radical (unpaired) electrons. The molecule has 0 saturated carbocycles. The smallest absolute Gasteiger partial charge is 0.323 e. The molecule has 13 heteroatoms. The number of carboxylic acid groups (broad SMARTS) is 1. The van der Waals surface area contributed by atoms with E-state index in [1.54, 1.807) is 18.2 Å². The van der Waals surface area contributed by atoms with Gasteiger partial charge in [0.2, 0.25) is 11.8 Å². The lowest BCUT2D eigenvalue weighted by Gasteiger charge is -2.45. The summed E-state index contributed by atoms with van der Waals surface area (Å²) >= 11 is 7.56. The lowest BCUT2D eigenvalue weighted by Crippen LogP contribution is -2.55. The van der Waals surface area contributed by atoms with E-state index in [0.29, 0.717) is 30.7 Å². The Balaban J connectivity index is 1.29. The van der Waals surface area contributed by atoms with E-state index in [4.69, 9.17) is 40.3 Å². The van der Waals surface area contributed by atoms with Crippen LogP contribution in [-0.2, 0) is 27.4 Å². The zero-order valence-corrected chi connectivity index (χ0v) is 31.0. The van der Waals surface area contributed by atoms with Gasteiger partial charge in [-0.3, -0.25) is 14.6 Å². The van der Waals surface area contributed by atoms with Crippen molar-refractivity contribution >= 4 is 23.1 Å². The van der Waals surface area contributed by atoms with Crippen LogP contribution in [0.15, 0.2) is 72.8 Å². The normalized spacial score (nSPS) is 23.3. The molecule has 3 aromatic rings. The zero-order chi connectivity index (χ0) is 37.3. The number of aliphatic carboxylic acids is 1. The Morgan fingerprint density at radius 2 is 1.89 bits per heavy atom. The second kappa shape index (κ2) is 17.5. The molecule has 1 N–H and O–H groups in total. The van der Waals surface area contributed by atoms with Crippen LogP contribution in [0.3, 0.4) is 0 Å². The van der Waals surface area contributed by atoms with Crippen LogP contribution in [0.25, 0.3) is 5.57 Å². The third-order valence-electron chi connectivity index (χ3n) is 10.1. The monoisotopic (exact) mass is 743 g/mol. The van der Waals surface area contributed by atoms with Gasteiger partial charge >= 0.3 is 12.0 Å². The van der Waals surface area contributed by atoms with Gasteiger partial charge in [0, 0.05) is 32.8 Å². The SMILES string of the molecule is COc1nc(OCC2(OCCCN3CCOCC3)C=CC=C(c3ccccc3)C2(C)Cl)nc(OCc2cccc(C#N)c2)c1CN1CCC[C@H]1C(=O)O. The first-order valence-corrected chi connectivity index (χ1v) is 18.4. The summed E-state index contributed by atoms with van der Waals surface area (Å²) in [5.41, 5.74) is 2.48. The first-order chi connectivity index (χ1) is 25.7. The fourth-order valence-corrected chi connectivity index (χ4v) is 7.41. The van der Waals surface area contributed by atoms with E-state index in [1.807, 2.05) is 66.4 Å². The van der Waals surface area contributed by atoms with Crippen LogP contribution in [0.4, 0.5) is 0 Å². The number of benzene rings is 2. The minimum atomic E-state index is -1.13. The van der Waals surface area contributed by atoms with E-state index in [-0.39, 0.29) is 37.5 Å². The number of halogens is 1. The molecule has 2 aliphatic heterocycles. The van der Waals surface area contributed by atoms with Crippen LogP contribution < -0.4 is 14.2 Å². The average Bonchev–Trinajstić information content (AvgIpc) is 3.65. The summed E-state index contributed by atoms with van der Waals surface area (Å²) in [4.78, 5) is 24.6. The highest BCUT2D eigenvalue weighted by molar-refractivity contribution is 6.31. The van der Waals surface area contributed by atoms with Gasteiger partial charge in [0.1, 0.15) is 29.7 Å². The van der Waals surface area contributed by atoms with Gasteiger partial charge in [-0.15, -0.1) is 11.6 Å². The van der Waals surface area contributed by atoms with Crippen LogP contribution in [0.5, 0.6) is 17.8 Å². The number of methoxy groups -OCH3 is 1. The van der Waals surface area contributed by atoms with E-state index in [2.05, 4.69) is 16.0 Å². The van der Waals surface area contributed by atoms with Gasteiger partial charge in [0.15, 0.2) is 0 Å². The number of carboxylic acids is 1. The minimum absolute atomic E-state index is 0.0180. The molecule has 12 nitrogen and oxygen atoms in total. The van der Waals surface area contributed by atoms with E-state index in [1.165, 1.54) is 7.11 Å². The predicted octanol–water partition coefficient (Wildman–Crippen LogP) is 5.49. The molecule has 0 amide bonds. The van der Waals surface area contributed by atoms with Crippen molar-refractivity contribution in [2.24, 2.45) is 0 Å². The number of morpholine rings is 1. The number of alkyl halides is 1. The molecule has 3 heterocycles. The number of likely N-dealkylation sites (tertiary alicyclic amines) is 1. The quantitative estimate of drug-likeness (QED) is 0.147. The Morgan fingerprint density at radius 3 is 2.64 bits per heavy atom. The molecule has 3 aliphatic rings. The van der Waals surface area contributed by atoms with Gasteiger partial charge in [-0.1, -0.05) is 54.6 Å². The number of ether oxygens (including phenoxy) is 5. The predicted molar refractivity (Wildman–Crippen MR) is 199 cm³/mol. The summed E-state index contributed by atoms with van der Waals surface area (Å²) in [5, 5.41) is 19.3. The average molecular weight is 744 g/mol. The van der Waals surface area contributed by atoms with Crippen molar-refractivity contribution in [3.05, 3.63) is 95.1 Å². The maximum atomic E-state index is 12.1. The zero-order valence-electron chi connectivity index (χ0n) is 30.2. The molecule has 53 heavy (non-hydrogen) atoms. The molecule has 3 atom stereocenters. The van der Waals surface area contributed by atoms with Crippen LogP contribution in [0, 0.1) is 11.3 Å². The van der Waals surface area contributed by atoms with Crippen molar-refractivity contribution < 1.29 is 33.6 Å². The Hall–Kier alpha value is -4.51. The Labute approximate surface area is 315 Å². The number of allylic oxidation sites excluding steroid dienone is 2. The van der Waals surface area contributed by atoms with Crippen LogP contribution in [0.2, 0.25) is 0 Å². The van der Waals surface area contributed by atoms with Crippen LogP contribution >= 0.6 is 11.6 Å². The van der Waals surface area contributed by atoms with Gasteiger partial charge in [0.05, 0.1) is 37.5 Å². The summed E-state index contributed by atoms with van der Waals surface area (Å²) < 4.78 is 30.8. The van der Waals surface area contributed by atoms with E-state index in [0.717, 1.165) is 62.4 Å². The van der Waals surface area contributed by atoms with Crippen molar-refractivity contribution in [1.82, 2.24) is 19.8 Å². The maximum absolute atomic E-state index is 12.1. The van der Waals surface area contributed by atoms with E-state index < -0.39 is 22.5 Å². The molecule has 2 saturated heterocycles. The van der Waals surface area contributed by atoms with Crippen molar-refractivity contribution in [1.29, 1.82) is 5.26 Å². The molecule has 2 unspecified atom stereocenters. The number of hydrogen-bond acceptors (Lipinski definition) is 11. The fraction of sp³-hybridized carbons (Fsp3) is 0.450. The number of nitrogens with zero attached hydrogens (tertiary/aromatic N) is 5. The first-order valence-electron chi connectivity index (χ1n) is 18.0. The highest BCUT2D eigenvalue weighted by atomic mass is 35.5. The third kappa shape index (κ3) is 9.00. The summed E-state index contributed by atoms with van der Waals surface area (Å²) in [6.45, 7) is 7.29. The first kappa shape index (κ1) is 38.2. The lowest BCUT2D eigenvalue weighted by atomic mass is 9.76. The van der Waals surface area contributed by atoms with Crippen LogP contribution in [0.1, 0.15) is 48.4 Å². The van der Waals surface area contributed by atoms with Gasteiger partial charge in [-0.05, 0) is 67.6 Å². The third-order valence-corrected chi connectivity index (χ3v) is 10.6. The summed E-state index contributed by atoms with van der Waals surface area (Å²) in [6.07, 6.45) is 7.95. The largest absolute Gasteiger partial charge is 0.481 e. The molecule has 1 aromatic heterocycles. The Morgan fingerprint density at radius 1 is 1.09 bits per heavy atom. The minimum Gasteiger partial charge on any atom is -0.481 e. The molecule has 0 spiro atoms. The molecule has 6 rings (SSSR count). The Kier molecular flexibility index (Phi) is 12.7. The van der Waals surface area contributed by atoms with Gasteiger partial charge in [0.25, 0.3) is 0 Å². The summed E-state index contributed by atoms with van der Waals surface area (Å²) in [6, 6.07) is 18.5. The highest BCUT2D eigenvalue weighted by Crippen LogP contribution is 2.47. The second-order valence-corrected chi connectivity index (χ2v) is 14.3. The second-order valence-electron chi connectivity index (χ2n) is 13.5. The van der Waals surface area contributed by atoms with Crippen LogP contribution in [-0.4, -0.2) is 107 Å². The van der Waals surface area contributed by atoms with Gasteiger partial charge in [-0.2, -0.15) is 15.2 Å². The summed E-state index contributed by atoms with van der Waals surface area (Å²) in [7, 11) is 1.49. The lowest BCUT2D eigenvalue weighted by molar-refractivity contribution is -0.142. The molecule has 280 valence electrons. The summed E-state index contributed by atoms with van der Waals surface area (Å²) in [5.74, 6) is -0.504. The number of carbonyl (C=O) groups is 1. The van der Waals surface area contributed by atoms with Gasteiger partial charge < -0.3 is 28.8 Å². The molecular weight excluding hydrogens is 698 g/mol. The van der Waals surface area contributed by atoms with Crippen molar-refractivity contribution in [3.8, 4) is 23.8 Å². The molecule has 2 fully saturated rings. The van der Waals surface area contributed by atoms with Crippen molar-refractivity contribution in [2.75, 3.05) is 59.7 Å². The number of aromatic nitrogens is 2. The molecule has 2 aromatic carbocycles. The molecule has 1 aliphatic carbocycles. The van der Waals surface area contributed by atoms with Crippen molar-refractivity contribution in [3.63, 3.8) is 0 Å². The molecular formula is C40H46ClN5O7. The Bertz CT molecular complexity index is 1830. The maximum Gasteiger partial charge on any atom is 0.323 e. The highest BCUT2D eigenvalue weighted by Gasteiger charge is 2.51. The number of hydrogen-bond donors (Lipinski definition) is 1. The van der Waals surface area contributed by atoms with E-state index >= 15 is 0 Å². The topological polar surface area (TPSA) is 140 Å². The number of rotatable bonds is 16. The standard InChI is InChI=1S/C40H46ClN5O7/c1-39(41)33(31-12-4-3-5-13-31)14-7-16-40(39,53-21-9-17-45-19-22-50-23-20-45)28-52-38-43-35(49-2)32(26-46-18-8-15-34(46)37(47)48)36(44-38)51-27-30-11-6-10-29(24-30)25-42/h3-7,10-14,16,24,34H,8-9,15,17-23,26-28H2,1-2H3,(H,47,48)/t34-,39?,40?/m0/s1.